The Morgan fingerprint density at radius 2 is 2.38 bits per heavy atom. The zero-order valence-electron chi connectivity index (χ0n) is 7.37. The largest absolute Gasteiger partial charge is 0.464 e. The Balaban J connectivity index is 3.15. The van der Waals surface area contributed by atoms with Crippen LogP contribution in [0.2, 0.25) is 5.15 Å². The van der Waals surface area contributed by atoms with Crippen molar-refractivity contribution in [3.63, 3.8) is 0 Å². The van der Waals surface area contributed by atoms with E-state index in [1.807, 2.05) is 6.92 Å². The van der Waals surface area contributed by atoms with E-state index >= 15 is 0 Å². The first kappa shape index (κ1) is 9.92. The van der Waals surface area contributed by atoms with Crippen LogP contribution in [0.15, 0.2) is 6.20 Å². The summed E-state index contributed by atoms with van der Waals surface area (Å²) in [7, 11) is 1.30. The molecule has 0 spiro atoms. The van der Waals surface area contributed by atoms with Gasteiger partial charge in [-0.3, -0.25) is 4.98 Å². The quantitative estimate of drug-likeness (QED) is 0.679. The van der Waals surface area contributed by atoms with Crippen LogP contribution in [0.3, 0.4) is 0 Å². The van der Waals surface area contributed by atoms with Crippen LogP contribution in [-0.4, -0.2) is 23.0 Å². The molecule has 0 fully saturated rings. The number of carbonyl (C=O) groups excluding carboxylic acids is 1. The van der Waals surface area contributed by atoms with Gasteiger partial charge in [-0.05, 0) is 6.42 Å². The Morgan fingerprint density at radius 3 is 2.92 bits per heavy atom. The second kappa shape index (κ2) is 4.18. The molecular formula is C8H9ClN2O2. The van der Waals surface area contributed by atoms with Crippen LogP contribution in [0.1, 0.15) is 23.1 Å². The number of rotatable bonds is 2. The second-order valence-corrected chi connectivity index (χ2v) is 2.72. The van der Waals surface area contributed by atoms with Gasteiger partial charge in [0, 0.05) is 0 Å². The van der Waals surface area contributed by atoms with Crippen LogP contribution < -0.4 is 0 Å². The molecule has 0 aliphatic carbocycles. The fourth-order valence-corrected chi connectivity index (χ4v) is 1.04. The molecule has 13 heavy (non-hydrogen) atoms. The van der Waals surface area contributed by atoms with Gasteiger partial charge < -0.3 is 4.74 Å². The Labute approximate surface area is 80.9 Å². The van der Waals surface area contributed by atoms with Gasteiger partial charge in [0.2, 0.25) is 0 Å². The van der Waals surface area contributed by atoms with Gasteiger partial charge >= 0.3 is 5.97 Å². The number of aromatic nitrogens is 2. The number of ether oxygens (including phenoxy) is 1. The van der Waals surface area contributed by atoms with E-state index in [9.17, 15) is 4.79 Å². The zero-order valence-corrected chi connectivity index (χ0v) is 8.13. The van der Waals surface area contributed by atoms with E-state index in [1.54, 1.807) is 0 Å². The highest BCUT2D eigenvalue weighted by atomic mass is 35.5. The SMILES string of the molecule is CCc1ncc(Cl)nc1C(=O)OC. The van der Waals surface area contributed by atoms with E-state index in [4.69, 9.17) is 11.6 Å². The third kappa shape index (κ3) is 2.15. The lowest BCUT2D eigenvalue weighted by atomic mass is 10.2. The molecule has 0 unspecified atom stereocenters. The molecule has 70 valence electrons. The first-order valence-electron chi connectivity index (χ1n) is 3.78. The molecule has 0 radical (unpaired) electrons. The molecule has 1 aromatic rings. The minimum absolute atomic E-state index is 0.192. The smallest absolute Gasteiger partial charge is 0.358 e. The molecule has 5 heteroatoms. The average molecular weight is 201 g/mol. The lowest BCUT2D eigenvalue weighted by Gasteiger charge is -2.03. The van der Waals surface area contributed by atoms with E-state index < -0.39 is 5.97 Å². The summed E-state index contributed by atoms with van der Waals surface area (Å²) in [4.78, 5) is 19.0. The summed E-state index contributed by atoms with van der Waals surface area (Å²) in [6.07, 6.45) is 2.03. The predicted molar refractivity (Wildman–Crippen MR) is 47.8 cm³/mol. The molecule has 0 bridgehead atoms. The van der Waals surface area contributed by atoms with Gasteiger partial charge in [-0.2, -0.15) is 0 Å². The minimum Gasteiger partial charge on any atom is -0.464 e. The first-order chi connectivity index (χ1) is 6.19. The Kier molecular flexibility index (Phi) is 3.19. The normalized spacial score (nSPS) is 9.77. The fraction of sp³-hybridized carbons (Fsp3) is 0.375. The van der Waals surface area contributed by atoms with Crippen molar-refractivity contribution in [2.24, 2.45) is 0 Å². The number of carbonyl (C=O) groups is 1. The molecule has 4 nitrogen and oxygen atoms in total. The maximum absolute atomic E-state index is 11.2. The van der Waals surface area contributed by atoms with Crippen molar-refractivity contribution in [3.05, 3.63) is 22.7 Å². The monoisotopic (exact) mass is 200 g/mol. The van der Waals surface area contributed by atoms with Gasteiger partial charge in [-0.15, -0.1) is 0 Å². The summed E-state index contributed by atoms with van der Waals surface area (Å²) in [5.41, 5.74) is 0.786. The molecule has 0 saturated heterocycles. The number of hydrogen-bond acceptors (Lipinski definition) is 4. The van der Waals surface area contributed by atoms with Gasteiger partial charge in [-0.1, -0.05) is 18.5 Å². The topological polar surface area (TPSA) is 52.1 Å². The highest BCUT2D eigenvalue weighted by molar-refractivity contribution is 6.29. The number of aryl methyl sites for hydroxylation is 1. The molecule has 0 aliphatic rings. The molecule has 0 aromatic carbocycles. The number of halogens is 1. The Bertz CT molecular complexity index is 328. The van der Waals surface area contributed by atoms with Crippen LogP contribution in [0, 0.1) is 0 Å². The second-order valence-electron chi connectivity index (χ2n) is 2.33. The summed E-state index contributed by atoms with van der Waals surface area (Å²) in [6.45, 7) is 1.88. The molecule has 1 heterocycles. The fourth-order valence-electron chi connectivity index (χ4n) is 0.911. The van der Waals surface area contributed by atoms with Crippen LogP contribution in [0.4, 0.5) is 0 Å². The number of methoxy groups -OCH3 is 1. The van der Waals surface area contributed by atoms with E-state index in [0.29, 0.717) is 12.1 Å². The lowest BCUT2D eigenvalue weighted by molar-refractivity contribution is 0.0592. The zero-order chi connectivity index (χ0) is 9.84. The summed E-state index contributed by atoms with van der Waals surface area (Å²) < 4.78 is 4.53. The van der Waals surface area contributed by atoms with Gasteiger partial charge in [0.15, 0.2) is 5.69 Å². The van der Waals surface area contributed by atoms with Crippen LogP contribution in [-0.2, 0) is 11.2 Å². The molecule has 0 amide bonds. The van der Waals surface area contributed by atoms with Gasteiger partial charge in [-0.25, -0.2) is 9.78 Å². The van der Waals surface area contributed by atoms with Crippen molar-refractivity contribution in [2.75, 3.05) is 7.11 Å². The standard InChI is InChI=1S/C8H9ClN2O2/c1-3-5-7(8(12)13-2)11-6(9)4-10-5/h4H,3H2,1-2H3. The maximum Gasteiger partial charge on any atom is 0.358 e. The van der Waals surface area contributed by atoms with Crippen molar-refractivity contribution in [3.8, 4) is 0 Å². The average Bonchev–Trinajstić information content (AvgIpc) is 2.16. The number of nitrogens with zero attached hydrogens (tertiary/aromatic N) is 2. The van der Waals surface area contributed by atoms with E-state index in [1.165, 1.54) is 13.3 Å². The van der Waals surface area contributed by atoms with Gasteiger partial charge in [0.25, 0.3) is 0 Å². The van der Waals surface area contributed by atoms with E-state index in [2.05, 4.69) is 14.7 Å². The van der Waals surface area contributed by atoms with Crippen molar-refractivity contribution in [1.29, 1.82) is 0 Å². The molecular weight excluding hydrogens is 192 g/mol. The molecule has 0 N–H and O–H groups in total. The predicted octanol–water partition coefficient (Wildman–Crippen LogP) is 1.48. The summed E-state index contributed by atoms with van der Waals surface area (Å²) >= 11 is 5.59. The van der Waals surface area contributed by atoms with Crippen LogP contribution >= 0.6 is 11.6 Å². The van der Waals surface area contributed by atoms with Crippen LogP contribution in [0.5, 0.6) is 0 Å². The first-order valence-corrected chi connectivity index (χ1v) is 4.16. The maximum atomic E-state index is 11.2. The van der Waals surface area contributed by atoms with Gasteiger partial charge in [0.05, 0.1) is 19.0 Å². The minimum atomic E-state index is -0.508. The van der Waals surface area contributed by atoms with Gasteiger partial charge in [0.1, 0.15) is 5.15 Å². The van der Waals surface area contributed by atoms with E-state index in [-0.39, 0.29) is 10.8 Å². The summed E-state index contributed by atoms with van der Waals surface area (Å²) in [6, 6.07) is 0. The number of hydrogen-bond donors (Lipinski definition) is 0. The highest BCUT2D eigenvalue weighted by Gasteiger charge is 2.14. The third-order valence-electron chi connectivity index (χ3n) is 1.53. The van der Waals surface area contributed by atoms with Crippen molar-refractivity contribution < 1.29 is 9.53 Å². The Hall–Kier alpha value is -1.16. The number of esters is 1. The van der Waals surface area contributed by atoms with E-state index in [0.717, 1.165) is 0 Å². The molecule has 0 aliphatic heterocycles. The summed E-state index contributed by atoms with van der Waals surface area (Å²) in [5.74, 6) is -0.508. The Morgan fingerprint density at radius 1 is 1.69 bits per heavy atom. The molecule has 1 rings (SSSR count). The lowest BCUT2D eigenvalue weighted by Crippen LogP contribution is -2.09. The highest BCUT2D eigenvalue weighted by Crippen LogP contribution is 2.09. The third-order valence-corrected chi connectivity index (χ3v) is 1.71. The molecule has 1 aromatic heterocycles. The molecule has 0 saturated carbocycles. The van der Waals surface area contributed by atoms with Crippen molar-refractivity contribution >= 4 is 17.6 Å². The van der Waals surface area contributed by atoms with Crippen molar-refractivity contribution in [2.45, 2.75) is 13.3 Å². The summed E-state index contributed by atoms with van der Waals surface area (Å²) in [5, 5.41) is 0.192. The molecule has 0 atom stereocenters. The van der Waals surface area contributed by atoms with Crippen LogP contribution in [0.25, 0.3) is 0 Å². The van der Waals surface area contributed by atoms with Crippen molar-refractivity contribution in [1.82, 2.24) is 9.97 Å².